The van der Waals surface area contributed by atoms with Crippen molar-refractivity contribution in [2.75, 3.05) is 7.05 Å². The smallest absolute Gasteiger partial charge is 0.272 e. The number of nitrogens with zero attached hydrogens (tertiary/aromatic N) is 1. The van der Waals surface area contributed by atoms with Crippen LogP contribution in [0.4, 0.5) is 10.1 Å². The second kappa shape index (κ2) is 4.79. The highest BCUT2D eigenvalue weighted by molar-refractivity contribution is 5.34. The van der Waals surface area contributed by atoms with E-state index in [9.17, 15) is 14.5 Å². The fourth-order valence-electron chi connectivity index (χ4n) is 2.06. The maximum absolute atomic E-state index is 13.7. The summed E-state index contributed by atoms with van der Waals surface area (Å²) < 4.78 is 13.7. The lowest BCUT2D eigenvalue weighted by Gasteiger charge is -2.15. The first-order valence-corrected chi connectivity index (χ1v) is 5.72. The molecule has 17 heavy (non-hydrogen) atoms. The molecule has 1 aromatic rings. The third-order valence-corrected chi connectivity index (χ3v) is 3.25. The highest BCUT2D eigenvalue weighted by atomic mass is 19.1. The van der Waals surface area contributed by atoms with Gasteiger partial charge in [-0.1, -0.05) is 0 Å². The van der Waals surface area contributed by atoms with E-state index >= 15 is 0 Å². The Hall–Kier alpha value is -1.49. The van der Waals surface area contributed by atoms with E-state index in [1.807, 2.05) is 7.05 Å². The third kappa shape index (κ3) is 2.79. The van der Waals surface area contributed by atoms with Gasteiger partial charge in [0.15, 0.2) is 0 Å². The van der Waals surface area contributed by atoms with E-state index in [0.717, 1.165) is 6.07 Å². The molecule has 0 heterocycles. The topological polar surface area (TPSA) is 55.2 Å². The van der Waals surface area contributed by atoms with Gasteiger partial charge in [-0.3, -0.25) is 10.1 Å². The Morgan fingerprint density at radius 1 is 1.59 bits per heavy atom. The number of benzene rings is 1. The zero-order valence-electron chi connectivity index (χ0n) is 9.65. The van der Waals surface area contributed by atoms with Gasteiger partial charge in [0.1, 0.15) is 5.82 Å². The highest BCUT2D eigenvalue weighted by Crippen LogP contribution is 2.34. The molecule has 0 aromatic heterocycles. The van der Waals surface area contributed by atoms with Crippen molar-refractivity contribution in [1.29, 1.82) is 0 Å². The van der Waals surface area contributed by atoms with E-state index in [2.05, 4.69) is 5.32 Å². The largest absolute Gasteiger partial charge is 0.316 e. The minimum absolute atomic E-state index is 0.196. The first-order valence-electron chi connectivity index (χ1n) is 5.72. The van der Waals surface area contributed by atoms with Crippen molar-refractivity contribution >= 4 is 5.69 Å². The van der Waals surface area contributed by atoms with Gasteiger partial charge in [0.2, 0.25) is 0 Å². The van der Waals surface area contributed by atoms with Crippen molar-refractivity contribution < 1.29 is 9.31 Å². The first-order chi connectivity index (χ1) is 8.11. The molecule has 2 rings (SSSR count). The summed E-state index contributed by atoms with van der Waals surface area (Å²) in [5.74, 6) is 0.134. The van der Waals surface area contributed by atoms with Crippen LogP contribution in [0.3, 0.4) is 0 Å². The molecule has 0 aliphatic heterocycles. The van der Waals surface area contributed by atoms with Crippen molar-refractivity contribution in [2.24, 2.45) is 5.92 Å². The molecule has 0 saturated heterocycles. The molecule has 4 nitrogen and oxygen atoms in total. The molecule has 1 unspecified atom stereocenters. The number of nitro groups is 1. The number of non-ortho nitro benzene ring substituents is 1. The van der Waals surface area contributed by atoms with Crippen LogP contribution in [0.25, 0.3) is 0 Å². The SMILES string of the molecule is CNC(Cc1ccc([N+](=O)[O-])cc1F)C1CC1. The molecule has 1 fully saturated rings. The van der Waals surface area contributed by atoms with Crippen LogP contribution in [0.5, 0.6) is 0 Å². The minimum Gasteiger partial charge on any atom is -0.316 e. The van der Waals surface area contributed by atoms with Gasteiger partial charge in [0, 0.05) is 12.1 Å². The van der Waals surface area contributed by atoms with Gasteiger partial charge in [-0.25, -0.2) is 4.39 Å². The molecule has 5 heteroatoms. The van der Waals surface area contributed by atoms with Crippen molar-refractivity contribution in [3.8, 4) is 0 Å². The minimum atomic E-state index is -0.580. The predicted molar refractivity (Wildman–Crippen MR) is 62.3 cm³/mol. The van der Waals surface area contributed by atoms with Gasteiger partial charge in [-0.05, 0) is 43.9 Å². The predicted octanol–water partition coefficient (Wildman–Crippen LogP) is 2.27. The second-order valence-corrected chi connectivity index (χ2v) is 4.47. The van der Waals surface area contributed by atoms with Crippen molar-refractivity contribution in [3.63, 3.8) is 0 Å². The molecular formula is C12H15FN2O2. The van der Waals surface area contributed by atoms with Crippen LogP contribution in [-0.4, -0.2) is 18.0 Å². The molecule has 1 aliphatic rings. The number of rotatable bonds is 5. The first kappa shape index (κ1) is 12.0. The van der Waals surface area contributed by atoms with Gasteiger partial charge in [-0.15, -0.1) is 0 Å². The third-order valence-electron chi connectivity index (χ3n) is 3.25. The standard InChI is InChI=1S/C12H15FN2O2/c1-14-12(8-2-3-8)6-9-4-5-10(15(16)17)7-11(9)13/h4-5,7-8,12,14H,2-3,6H2,1H3. The van der Waals surface area contributed by atoms with Gasteiger partial charge in [0.25, 0.3) is 5.69 Å². The van der Waals surface area contributed by atoms with Gasteiger partial charge >= 0.3 is 0 Å². The number of nitro benzene ring substituents is 1. The monoisotopic (exact) mass is 238 g/mol. The number of nitrogens with one attached hydrogen (secondary N) is 1. The quantitative estimate of drug-likeness (QED) is 0.632. The number of likely N-dealkylation sites (N-methyl/N-ethyl adjacent to an activating group) is 1. The summed E-state index contributed by atoms with van der Waals surface area (Å²) in [6.07, 6.45) is 2.95. The Morgan fingerprint density at radius 3 is 2.76 bits per heavy atom. The van der Waals surface area contributed by atoms with Crippen LogP contribution >= 0.6 is 0 Å². The van der Waals surface area contributed by atoms with E-state index in [-0.39, 0.29) is 11.7 Å². The molecule has 1 aromatic carbocycles. The summed E-state index contributed by atoms with van der Waals surface area (Å²) in [5, 5.41) is 13.7. The molecule has 1 aliphatic carbocycles. The van der Waals surface area contributed by atoms with E-state index in [1.165, 1.54) is 25.0 Å². The van der Waals surface area contributed by atoms with Crippen LogP contribution in [0, 0.1) is 21.8 Å². The summed E-state index contributed by atoms with van der Waals surface area (Å²) in [6, 6.07) is 4.14. The zero-order valence-corrected chi connectivity index (χ0v) is 9.65. The summed E-state index contributed by atoms with van der Waals surface area (Å²) >= 11 is 0. The average molecular weight is 238 g/mol. The Morgan fingerprint density at radius 2 is 2.29 bits per heavy atom. The van der Waals surface area contributed by atoms with Crippen molar-refractivity contribution in [2.45, 2.75) is 25.3 Å². The van der Waals surface area contributed by atoms with Crippen LogP contribution in [-0.2, 0) is 6.42 Å². The summed E-state index contributed by atoms with van der Waals surface area (Å²) in [5.41, 5.74) is 0.348. The van der Waals surface area contributed by atoms with Gasteiger partial charge in [-0.2, -0.15) is 0 Å². The average Bonchev–Trinajstić information content (AvgIpc) is 3.11. The molecule has 1 N–H and O–H groups in total. The van der Waals surface area contributed by atoms with Crippen molar-refractivity contribution in [3.05, 3.63) is 39.7 Å². The zero-order chi connectivity index (χ0) is 12.4. The van der Waals surface area contributed by atoms with Crippen molar-refractivity contribution in [1.82, 2.24) is 5.32 Å². The molecule has 0 spiro atoms. The Bertz CT molecular complexity index is 433. The van der Waals surface area contributed by atoms with E-state index in [0.29, 0.717) is 17.9 Å². The number of hydrogen-bond acceptors (Lipinski definition) is 3. The Labute approximate surface area is 99.0 Å². The van der Waals surface area contributed by atoms with Crippen LogP contribution in [0.1, 0.15) is 18.4 Å². The number of hydrogen-bond donors (Lipinski definition) is 1. The van der Waals surface area contributed by atoms with Crippen LogP contribution in [0.15, 0.2) is 18.2 Å². The molecular weight excluding hydrogens is 223 g/mol. The van der Waals surface area contributed by atoms with Crippen LogP contribution < -0.4 is 5.32 Å². The lowest BCUT2D eigenvalue weighted by molar-refractivity contribution is -0.385. The fraction of sp³-hybridized carbons (Fsp3) is 0.500. The van der Waals surface area contributed by atoms with E-state index in [1.54, 1.807) is 0 Å². The number of halogens is 1. The maximum Gasteiger partial charge on any atom is 0.272 e. The van der Waals surface area contributed by atoms with E-state index in [4.69, 9.17) is 0 Å². The van der Waals surface area contributed by atoms with E-state index < -0.39 is 10.7 Å². The molecule has 1 saturated carbocycles. The highest BCUT2D eigenvalue weighted by Gasteiger charge is 2.30. The summed E-state index contributed by atoms with van der Waals surface area (Å²) in [7, 11) is 1.87. The molecule has 1 atom stereocenters. The summed E-state index contributed by atoms with van der Waals surface area (Å²) in [6.45, 7) is 0. The molecule has 0 amide bonds. The lowest BCUT2D eigenvalue weighted by atomic mass is 10.0. The second-order valence-electron chi connectivity index (χ2n) is 4.47. The normalized spacial score (nSPS) is 16.8. The lowest BCUT2D eigenvalue weighted by Crippen LogP contribution is -2.30. The van der Waals surface area contributed by atoms with Crippen LogP contribution in [0.2, 0.25) is 0 Å². The Kier molecular flexibility index (Phi) is 3.38. The summed E-state index contributed by atoms with van der Waals surface area (Å²) in [4.78, 5) is 9.91. The molecule has 0 bridgehead atoms. The molecule has 0 radical (unpaired) electrons. The fourth-order valence-corrected chi connectivity index (χ4v) is 2.06. The Balaban J connectivity index is 2.12. The maximum atomic E-state index is 13.7. The molecule has 92 valence electrons. The van der Waals surface area contributed by atoms with Gasteiger partial charge < -0.3 is 5.32 Å². The van der Waals surface area contributed by atoms with Gasteiger partial charge in [0.05, 0.1) is 11.0 Å².